The van der Waals surface area contributed by atoms with Crippen LogP contribution in [-0.2, 0) is 9.53 Å². The number of amides is 1. The number of carbonyl (C=O) groups is 2. The molecule has 0 spiro atoms. The van der Waals surface area contributed by atoms with Crippen molar-refractivity contribution in [1.29, 1.82) is 0 Å². The highest BCUT2D eigenvalue weighted by Gasteiger charge is 2.29. The maximum Gasteiger partial charge on any atom is 0.410 e. The minimum atomic E-state index is -0.717. The third-order valence-corrected chi connectivity index (χ3v) is 3.57. The third-order valence-electron chi connectivity index (χ3n) is 3.57. The van der Waals surface area contributed by atoms with E-state index in [-0.39, 0.29) is 18.4 Å². The summed E-state index contributed by atoms with van der Waals surface area (Å²) in [5.41, 5.74) is 6.35. The molecule has 27 heavy (non-hydrogen) atoms. The number of ketones is 1. The van der Waals surface area contributed by atoms with Gasteiger partial charge in [0, 0.05) is 18.0 Å². The fourth-order valence-electron chi connectivity index (χ4n) is 2.27. The highest BCUT2D eigenvalue weighted by molar-refractivity contribution is 5.91. The van der Waals surface area contributed by atoms with Gasteiger partial charge in [-0.1, -0.05) is 30.3 Å². The van der Waals surface area contributed by atoms with Crippen molar-refractivity contribution in [1.82, 2.24) is 4.90 Å². The van der Waals surface area contributed by atoms with Gasteiger partial charge in [-0.25, -0.2) is 4.79 Å². The zero-order valence-corrected chi connectivity index (χ0v) is 17.1. The third kappa shape index (κ3) is 8.07. The van der Waals surface area contributed by atoms with Gasteiger partial charge in [0.1, 0.15) is 11.6 Å². The molecular weight excluding hydrogens is 342 g/mol. The first-order chi connectivity index (χ1) is 12.5. The molecule has 0 saturated carbocycles. The first kappa shape index (κ1) is 22.4. The lowest BCUT2D eigenvalue weighted by molar-refractivity contribution is -0.122. The van der Waals surface area contributed by atoms with Crippen LogP contribution in [0.1, 0.15) is 53.1 Å². The van der Waals surface area contributed by atoms with Crippen molar-refractivity contribution < 1.29 is 14.3 Å². The number of Topliss-reactive ketones (excluding diaryl/α,β-unsaturated/α-hetero) is 1. The number of ether oxygens (including phenoxy) is 1. The second kappa shape index (κ2) is 9.90. The van der Waals surface area contributed by atoms with Crippen LogP contribution in [0.4, 0.5) is 4.79 Å². The number of allylic oxidation sites excluding steroid dienone is 2. The fraction of sp³-hybridized carbons (Fsp3) is 0.476. The number of rotatable bonds is 7. The van der Waals surface area contributed by atoms with E-state index in [0.29, 0.717) is 5.70 Å². The van der Waals surface area contributed by atoms with E-state index < -0.39 is 17.7 Å². The first-order valence-electron chi connectivity index (χ1n) is 9.04. The molecule has 1 unspecified atom stereocenters. The van der Waals surface area contributed by atoms with Crippen molar-refractivity contribution in [3.05, 3.63) is 47.7 Å². The summed E-state index contributed by atoms with van der Waals surface area (Å²) in [6.45, 7) is 10.7. The molecule has 1 amide bonds. The van der Waals surface area contributed by atoms with Crippen LogP contribution in [0.15, 0.2) is 47.1 Å². The van der Waals surface area contributed by atoms with Crippen LogP contribution in [0.25, 0.3) is 0 Å². The van der Waals surface area contributed by atoms with Gasteiger partial charge in [-0.05, 0) is 53.2 Å². The molecule has 1 aromatic carbocycles. The Balaban J connectivity index is 3.07. The molecule has 0 aliphatic heterocycles. The maximum atomic E-state index is 13.0. The summed E-state index contributed by atoms with van der Waals surface area (Å²) in [5, 5.41) is 0. The number of nitrogens with two attached hydrogens (primary N) is 1. The van der Waals surface area contributed by atoms with E-state index in [1.54, 1.807) is 33.8 Å². The van der Waals surface area contributed by atoms with Gasteiger partial charge in [-0.2, -0.15) is 0 Å². The normalized spacial score (nSPS) is 13.7. The molecule has 0 radical (unpaired) electrons. The Labute approximate surface area is 162 Å². The molecule has 1 aromatic rings. The number of aliphatic imine (C=N–C) groups is 1. The molecule has 0 aliphatic rings. The molecule has 0 fully saturated rings. The minimum Gasteiger partial charge on any atom is -0.444 e. The summed E-state index contributed by atoms with van der Waals surface area (Å²) in [5.74, 6) is -0.194. The second-order valence-corrected chi connectivity index (χ2v) is 7.69. The fourth-order valence-corrected chi connectivity index (χ4v) is 2.27. The zero-order valence-electron chi connectivity index (χ0n) is 17.1. The molecule has 6 nitrogen and oxygen atoms in total. The first-order valence-corrected chi connectivity index (χ1v) is 9.04. The average Bonchev–Trinajstić information content (AvgIpc) is 2.55. The Morgan fingerprint density at radius 3 is 2.30 bits per heavy atom. The Morgan fingerprint density at radius 1 is 1.22 bits per heavy atom. The maximum absolute atomic E-state index is 13.0. The number of hydrogen-bond acceptors (Lipinski definition) is 5. The predicted octanol–water partition coefficient (Wildman–Crippen LogP) is 3.88. The molecule has 0 aliphatic carbocycles. The van der Waals surface area contributed by atoms with E-state index in [0.717, 1.165) is 5.56 Å². The van der Waals surface area contributed by atoms with Gasteiger partial charge in [0.25, 0.3) is 0 Å². The van der Waals surface area contributed by atoms with Gasteiger partial charge >= 0.3 is 6.09 Å². The van der Waals surface area contributed by atoms with Crippen molar-refractivity contribution >= 4 is 18.1 Å². The largest absolute Gasteiger partial charge is 0.444 e. The molecular formula is C21H31N3O3. The van der Waals surface area contributed by atoms with Crippen molar-refractivity contribution in [2.24, 2.45) is 10.7 Å². The van der Waals surface area contributed by atoms with Crippen LogP contribution >= 0.6 is 0 Å². The Morgan fingerprint density at radius 2 is 1.81 bits per heavy atom. The van der Waals surface area contributed by atoms with Crippen LogP contribution in [0, 0.1) is 0 Å². The standard InChI is InChI=1S/C21H31N3O3/c1-15(2)24(20(26)27-21(4,5)6)14-18(25)19(23-13-12-16(3)22)17-10-8-7-9-11-17/h7-13,15,19H,14,22H2,1-6H3. The average molecular weight is 373 g/mol. The quantitative estimate of drug-likeness (QED) is 0.735. The number of benzene rings is 1. The summed E-state index contributed by atoms with van der Waals surface area (Å²) in [6, 6.07) is 8.35. The Bertz CT molecular complexity index is 684. The minimum absolute atomic E-state index is 0.0885. The van der Waals surface area contributed by atoms with E-state index in [1.807, 2.05) is 44.2 Å². The molecule has 0 aromatic heterocycles. The molecule has 1 rings (SSSR count). The molecule has 0 bridgehead atoms. The van der Waals surface area contributed by atoms with E-state index in [9.17, 15) is 9.59 Å². The molecule has 6 heteroatoms. The van der Waals surface area contributed by atoms with E-state index in [4.69, 9.17) is 10.5 Å². The van der Waals surface area contributed by atoms with Crippen LogP contribution in [-0.4, -0.2) is 41.2 Å². The Kier molecular flexibility index (Phi) is 8.22. The highest BCUT2D eigenvalue weighted by Crippen LogP contribution is 2.20. The van der Waals surface area contributed by atoms with Crippen LogP contribution in [0.5, 0.6) is 0 Å². The lowest BCUT2D eigenvalue weighted by Gasteiger charge is -2.30. The summed E-state index contributed by atoms with van der Waals surface area (Å²) >= 11 is 0. The van der Waals surface area contributed by atoms with Crippen LogP contribution in [0.3, 0.4) is 0 Å². The monoisotopic (exact) mass is 373 g/mol. The zero-order chi connectivity index (χ0) is 20.6. The summed E-state index contributed by atoms with van der Waals surface area (Å²) in [6.07, 6.45) is 2.65. The topological polar surface area (TPSA) is 85.0 Å². The van der Waals surface area contributed by atoms with E-state index >= 15 is 0 Å². The Hall–Kier alpha value is -2.63. The van der Waals surface area contributed by atoms with Crippen molar-refractivity contribution in [2.45, 2.75) is 59.2 Å². The number of hydrogen-bond donors (Lipinski definition) is 1. The highest BCUT2D eigenvalue weighted by atomic mass is 16.6. The molecule has 148 valence electrons. The van der Waals surface area contributed by atoms with Gasteiger partial charge in [0.2, 0.25) is 0 Å². The van der Waals surface area contributed by atoms with Gasteiger partial charge in [0.05, 0.1) is 6.54 Å². The number of nitrogens with zero attached hydrogens (tertiary/aromatic N) is 2. The van der Waals surface area contributed by atoms with Crippen molar-refractivity contribution in [3.8, 4) is 0 Å². The van der Waals surface area contributed by atoms with Gasteiger partial charge < -0.3 is 10.5 Å². The SMILES string of the molecule is CC(N)=CC=NC(C(=O)CN(C(=O)OC(C)(C)C)C(C)C)c1ccccc1. The van der Waals surface area contributed by atoms with E-state index in [1.165, 1.54) is 11.1 Å². The second-order valence-electron chi connectivity index (χ2n) is 7.69. The van der Waals surface area contributed by atoms with Crippen LogP contribution < -0.4 is 5.73 Å². The van der Waals surface area contributed by atoms with Gasteiger partial charge in [-0.3, -0.25) is 14.7 Å². The van der Waals surface area contributed by atoms with E-state index in [2.05, 4.69) is 4.99 Å². The molecule has 0 heterocycles. The van der Waals surface area contributed by atoms with Gasteiger partial charge in [0.15, 0.2) is 5.78 Å². The number of carbonyl (C=O) groups excluding carboxylic acids is 2. The van der Waals surface area contributed by atoms with Crippen molar-refractivity contribution in [3.63, 3.8) is 0 Å². The summed E-state index contributed by atoms with van der Waals surface area (Å²) in [7, 11) is 0. The van der Waals surface area contributed by atoms with Crippen molar-refractivity contribution in [2.75, 3.05) is 6.54 Å². The predicted molar refractivity (Wildman–Crippen MR) is 109 cm³/mol. The van der Waals surface area contributed by atoms with Gasteiger partial charge in [-0.15, -0.1) is 0 Å². The smallest absolute Gasteiger partial charge is 0.410 e. The lowest BCUT2D eigenvalue weighted by atomic mass is 10.0. The molecule has 2 N–H and O–H groups in total. The summed E-state index contributed by atoms with van der Waals surface area (Å²) in [4.78, 5) is 31.3. The molecule has 1 atom stereocenters. The lowest BCUT2D eigenvalue weighted by Crippen LogP contribution is -2.44. The van der Waals surface area contributed by atoms with Crippen LogP contribution in [0.2, 0.25) is 0 Å². The molecule has 0 saturated heterocycles. The summed E-state index contributed by atoms with van der Waals surface area (Å²) < 4.78 is 5.43.